The number of rotatable bonds is 54. The summed E-state index contributed by atoms with van der Waals surface area (Å²) >= 11 is 0. The number of carbonyl (C=O) groups excluding carboxylic acids is 3. The van der Waals surface area contributed by atoms with Crippen molar-refractivity contribution in [3.05, 3.63) is 0 Å². The van der Waals surface area contributed by atoms with Crippen molar-refractivity contribution >= 4 is 17.9 Å². The number of hydrogen-bond donors (Lipinski definition) is 0. The van der Waals surface area contributed by atoms with Gasteiger partial charge in [0.2, 0.25) is 0 Å². The van der Waals surface area contributed by atoms with E-state index in [0.717, 1.165) is 63.7 Å². The molecule has 0 amide bonds. The van der Waals surface area contributed by atoms with Crippen molar-refractivity contribution in [2.75, 3.05) is 13.2 Å². The summed E-state index contributed by atoms with van der Waals surface area (Å²) in [5.41, 5.74) is 0. The lowest BCUT2D eigenvalue weighted by Crippen LogP contribution is -2.30. The van der Waals surface area contributed by atoms with Crippen LogP contribution in [-0.4, -0.2) is 37.2 Å². The van der Waals surface area contributed by atoms with Crippen LogP contribution in [0.4, 0.5) is 0 Å². The van der Waals surface area contributed by atoms with Gasteiger partial charge in [0.25, 0.3) is 0 Å². The Morgan fingerprint density at radius 2 is 0.538 bits per heavy atom. The first kappa shape index (κ1) is 63.4. The molecule has 386 valence electrons. The van der Waals surface area contributed by atoms with Crippen LogP contribution < -0.4 is 0 Å². The van der Waals surface area contributed by atoms with Gasteiger partial charge in [-0.15, -0.1) is 0 Å². The number of hydrogen-bond acceptors (Lipinski definition) is 6. The summed E-state index contributed by atoms with van der Waals surface area (Å²) in [4.78, 5) is 38.2. The van der Waals surface area contributed by atoms with Crippen molar-refractivity contribution in [3.8, 4) is 0 Å². The van der Waals surface area contributed by atoms with E-state index in [0.29, 0.717) is 19.3 Å². The third-order valence-electron chi connectivity index (χ3n) is 13.9. The van der Waals surface area contributed by atoms with Crippen LogP contribution in [0, 0.1) is 5.92 Å². The van der Waals surface area contributed by atoms with Gasteiger partial charge >= 0.3 is 17.9 Å². The fourth-order valence-electron chi connectivity index (χ4n) is 9.07. The highest BCUT2D eigenvalue weighted by molar-refractivity contribution is 5.71. The van der Waals surface area contributed by atoms with Gasteiger partial charge in [0.1, 0.15) is 13.2 Å². The summed E-state index contributed by atoms with van der Waals surface area (Å²) in [6, 6.07) is 0. The van der Waals surface area contributed by atoms with E-state index in [1.807, 2.05) is 0 Å². The molecule has 2 atom stereocenters. The van der Waals surface area contributed by atoms with E-state index in [-0.39, 0.29) is 31.1 Å². The van der Waals surface area contributed by atoms with E-state index in [1.54, 1.807) is 0 Å². The van der Waals surface area contributed by atoms with Gasteiger partial charge in [0.05, 0.1) is 0 Å². The molecule has 1 unspecified atom stereocenters. The van der Waals surface area contributed by atoms with Crippen LogP contribution in [0.15, 0.2) is 0 Å². The summed E-state index contributed by atoms with van der Waals surface area (Å²) in [6.07, 6.45) is 58.0. The van der Waals surface area contributed by atoms with Crippen molar-refractivity contribution in [1.82, 2.24) is 0 Å². The normalized spacial score (nSPS) is 12.4. The van der Waals surface area contributed by atoms with E-state index in [4.69, 9.17) is 14.2 Å². The van der Waals surface area contributed by atoms with Gasteiger partial charge in [-0.2, -0.15) is 0 Å². The van der Waals surface area contributed by atoms with Crippen LogP contribution in [0.5, 0.6) is 0 Å². The monoisotopic (exact) mass is 919 g/mol. The summed E-state index contributed by atoms with van der Waals surface area (Å²) in [6.45, 7) is 9.08. The number of ether oxygens (including phenoxy) is 3. The van der Waals surface area contributed by atoms with Crippen LogP contribution >= 0.6 is 0 Å². The minimum absolute atomic E-state index is 0.0620. The van der Waals surface area contributed by atoms with Crippen LogP contribution in [0.1, 0.15) is 336 Å². The Kier molecular flexibility index (Phi) is 52.1. The zero-order valence-corrected chi connectivity index (χ0v) is 44.5. The van der Waals surface area contributed by atoms with Crippen molar-refractivity contribution in [2.24, 2.45) is 5.92 Å². The molecule has 0 fully saturated rings. The molecule has 0 aliphatic rings. The Hall–Kier alpha value is -1.59. The molecule has 0 saturated carbocycles. The molecule has 0 aromatic rings. The van der Waals surface area contributed by atoms with E-state index >= 15 is 0 Å². The van der Waals surface area contributed by atoms with E-state index in [2.05, 4.69) is 27.7 Å². The summed E-state index contributed by atoms with van der Waals surface area (Å²) in [5, 5.41) is 0. The predicted molar refractivity (Wildman–Crippen MR) is 280 cm³/mol. The highest BCUT2D eigenvalue weighted by atomic mass is 16.6. The molecule has 0 saturated heterocycles. The van der Waals surface area contributed by atoms with Gasteiger partial charge in [-0.25, -0.2) is 0 Å². The molecule has 0 aliphatic carbocycles. The van der Waals surface area contributed by atoms with Gasteiger partial charge in [-0.05, 0) is 25.2 Å². The number of unbranched alkanes of at least 4 members (excludes halogenated alkanes) is 40. The maximum absolute atomic E-state index is 12.8. The molecule has 6 nitrogen and oxygen atoms in total. The summed E-state index contributed by atoms with van der Waals surface area (Å²) in [7, 11) is 0. The largest absolute Gasteiger partial charge is 0.462 e. The Labute approximate surface area is 406 Å². The molecule has 0 spiro atoms. The van der Waals surface area contributed by atoms with Crippen LogP contribution in [0.3, 0.4) is 0 Å². The molecule has 0 rings (SSSR count). The first-order chi connectivity index (χ1) is 31.9. The quantitative estimate of drug-likeness (QED) is 0.0344. The standard InChI is InChI=1S/C59H114O6/c1-5-8-10-12-14-16-18-20-22-23-24-26-28-30-35-39-43-47-51-58(61)64-54-56(65-59(62)52-48-44-40-36-32-31-33-37-41-45-49-55(4)7-3)53-63-57(60)50-46-42-38-34-29-27-25-21-19-17-15-13-11-9-6-2/h55-56H,5-54H2,1-4H3/t55?,56-/m0/s1. The predicted octanol–water partition coefficient (Wildman–Crippen LogP) is 19.4. The van der Waals surface area contributed by atoms with Crippen molar-refractivity contribution in [3.63, 3.8) is 0 Å². The molecule has 0 aliphatic heterocycles. The van der Waals surface area contributed by atoms with E-state index in [1.165, 1.54) is 231 Å². The fourth-order valence-corrected chi connectivity index (χ4v) is 9.07. The van der Waals surface area contributed by atoms with Crippen LogP contribution in [0.2, 0.25) is 0 Å². The third-order valence-corrected chi connectivity index (χ3v) is 13.9. The van der Waals surface area contributed by atoms with Crippen molar-refractivity contribution in [1.29, 1.82) is 0 Å². The van der Waals surface area contributed by atoms with Gasteiger partial charge in [-0.3, -0.25) is 14.4 Å². The first-order valence-electron chi connectivity index (χ1n) is 29.4. The molecule has 0 aromatic heterocycles. The Morgan fingerprint density at radius 1 is 0.308 bits per heavy atom. The van der Waals surface area contributed by atoms with Gasteiger partial charge < -0.3 is 14.2 Å². The second kappa shape index (κ2) is 53.4. The summed E-state index contributed by atoms with van der Waals surface area (Å²) in [5.74, 6) is 0.0323. The topological polar surface area (TPSA) is 78.9 Å². The lowest BCUT2D eigenvalue weighted by atomic mass is 9.99. The molecular formula is C59H114O6. The van der Waals surface area contributed by atoms with Crippen molar-refractivity contribution in [2.45, 2.75) is 342 Å². The maximum Gasteiger partial charge on any atom is 0.306 e. The molecule has 0 aromatic carbocycles. The van der Waals surface area contributed by atoms with Gasteiger partial charge in [-0.1, -0.05) is 297 Å². The molecule has 65 heavy (non-hydrogen) atoms. The van der Waals surface area contributed by atoms with E-state index in [9.17, 15) is 14.4 Å². The van der Waals surface area contributed by atoms with E-state index < -0.39 is 6.10 Å². The maximum atomic E-state index is 12.8. The second-order valence-electron chi connectivity index (χ2n) is 20.5. The highest BCUT2D eigenvalue weighted by Gasteiger charge is 2.19. The Balaban J connectivity index is 4.29. The minimum atomic E-state index is -0.762. The lowest BCUT2D eigenvalue weighted by Gasteiger charge is -2.18. The van der Waals surface area contributed by atoms with Crippen LogP contribution in [0.25, 0.3) is 0 Å². The average molecular weight is 920 g/mol. The zero-order valence-electron chi connectivity index (χ0n) is 44.5. The average Bonchev–Trinajstić information content (AvgIpc) is 3.30. The summed E-state index contributed by atoms with van der Waals surface area (Å²) < 4.78 is 16.9. The third kappa shape index (κ3) is 51.6. The zero-order chi connectivity index (χ0) is 47.4. The fraction of sp³-hybridized carbons (Fsp3) is 0.949. The minimum Gasteiger partial charge on any atom is -0.462 e. The SMILES string of the molecule is CCCCCCCCCCCCCCCCCCCCC(=O)OC[C@H](COC(=O)CCCCCCCCCCCCCCCCC)OC(=O)CCCCCCCCCCCCC(C)CC. The molecule has 0 bridgehead atoms. The molecule has 0 N–H and O–H groups in total. The smallest absolute Gasteiger partial charge is 0.306 e. The lowest BCUT2D eigenvalue weighted by molar-refractivity contribution is -0.167. The van der Waals surface area contributed by atoms with Crippen molar-refractivity contribution < 1.29 is 28.6 Å². The van der Waals surface area contributed by atoms with Gasteiger partial charge in [0.15, 0.2) is 6.10 Å². The Morgan fingerprint density at radius 3 is 0.800 bits per heavy atom. The molecule has 0 radical (unpaired) electrons. The first-order valence-corrected chi connectivity index (χ1v) is 29.4. The Bertz CT molecular complexity index is 982. The molecule has 0 heterocycles. The van der Waals surface area contributed by atoms with Crippen LogP contribution in [-0.2, 0) is 28.6 Å². The van der Waals surface area contributed by atoms with Gasteiger partial charge in [0, 0.05) is 19.3 Å². The number of esters is 3. The molecular weight excluding hydrogens is 805 g/mol. The molecule has 6 heteroatoms. The second-order valence-corrected chi connectivity index (χ2v) is 20.5. The highest BCUT2D eigenvalue weighted by Crippen LogP contribution is 2.18. The number of carbonyl (C=O) groups is 3.